The molecule has 4 heteroatoms. The van der Waals surface area contributed by atoms with Crippen LogP contribution in [0.1, 0.15) is 27.7 Å². The molecule has 0 aromatic carbocycles. The van der Waals surface area contributed by atoms with Crippen molar-refractivity contribution in [3.8, 4) is 0 Å². The Hall–Kier alpha value is -1.29. The molecule has 0 heterocycles. The van der Waals surface area contributed by atoms with Crippen molar-refractivity contribution in [2.24, 2.45) is 0 Å². The number of rotatable bonds is 7. The predicted octanol–water partition coefficient (Wildman–Crippen LogP) is 2.41. The highest BCUT2D eigenvalue weighted by molar-refractivity contribution is 5.87. The summed E-state index contributed by atoms with van der Waals surface area (Å²) in [5.74, 6) is -1.46. The van der Waals surface area contributed by atoms with Crippen LogP contribution in [0.25, 0.3) is 0 Å². The van der Waals surface area contributed by atoms with Gasteiger partial charge in [-0.2, -0.15) is 0 Å². The van der Waals surface area contributed by atoms with E-state index in [0.717, 1.165) is 0 Å². The molecule has 0 aromatic heterocycles. The van der Waals surface area contributed by atoms with Gasteiger partial charge in [-0.15, -0.1) is 0 Å². The Bertz CT molecular complexity index is 268. The highest BCUT2D eigenvalue weighted by atomic mass is 16.7. The molecule has 0 spiro atoms. The maximum atomic E-state index is 11.3. The first-order valence-electron chi connectivity index (χ1n) is 5.07. The molecule has 0 saturated carbocycles. The van der Waals surface area contributed by atoms with Gasteiger partial charge < -0.3 is 14.2 Å². The van der Waals surface area contributed by atoms with E-state index in [1.807, 2.05) is 6.92 Å². The van der Waals surface area contributed by atoms with Crippen LogP contribution >= 0.6 is 0 Å². The van der Waals surface area contributed by atoms with E-state index in [1.54, 1.807) is 20.8 Å². The van der Waals surface area contributed by atoms with Crippen LogP contribution in [0.4, 0.5) is 0 Å². The van der Waals surface area contributed by atoms with Gasteiger partial charge in [0.25, 0.3) is 0 Å². The van der Waals surface area contributed by atoms with Crippen molar-refractivity contribution in [1.82, 2.24) is 0 Å². The molecule has 0 saturated heterocycles. The molecular formula is C12H20O4. The van der Waals surface area contributed by atoms with E-state index in [4.69, 9.17) is 14.2 Å². The molecule has 0 aliphatic heterocycles. The Morgan fingerprint density at radius 1 is 1.50 bits per heavy atom. The summed E-state index contributed by atoms with van der Waals surface area (Å²) in [5, 5.41) is 0. The zero-order valence-corrected chi connectivity index (χ0v) is 10.4. The van der Waals surface area contributed by atoms with E-state index < -0.39 is 11.8 Å². The molecule has 0 aromatic rings. The Morgan fingerprint density at radius 3 is 2.50 bits per heavy atom. The zero-order chi connectivity index (χ0) is 12.8. The van der Waals surface area contributed by atoms with Gasteiger partial charge >= 0.3 is 5.97 Å². The predicted molar refractivity (Wildman–Crippen MR) is 61.7 cm³/mol. The second-order valence-electron chi connectivity index (χ2n) is 3.99. The lowest BCUT2D eigenvalue weighted by Crippen LogP contribution is -2.34. The third-order valence-electron chi connectivity index (χ3n) is 1.68. The SMILES string of the molecule is C=COC(C)COC(C)(C)OC(=O)C(=C)C. The molecule has 0 radical (unpaired) electrons. The van der Waals surface area contributed by atoms with Gasteiger partial charge in [-0.05, 0) is 13.8 Å². The molecule has 0 aliphatic rings. The molecule has 92 valence electrons. The van der Waals surface area contributed by atoms with Gasteiger partial charge in [0.2, 0.25) is 5.79 Å². The molecule has 0 N–H and O–H groups in total. The average Bonchev–Trinajstić information content (AvgIpc) is 2.14. The molecule has 0 bridgehead atoms. The first kappa shape index (κ1) is 14.7. The van der Waals surface area contributed by atoms with Crippen LogP contribution < -0.4 is 0 Å². The molecule has 0 amide bonds. The first-order chi connectivity index (χ1) is 7.28. The molecule has 0 rings (SSSR count). The van der Waals surface area contributed by atoms with Crippen LogP contribution in [0.15, 0.2) is 25.0 Å². The fourth-order valence-electron chi connectivity index (χ4n) is 0.861. The van der Waals surface area contributed by atoms with E-state index in [2.05, 4.69) is 13.2 Å². The Morgan fingerprint density at radius 2 is 2.06 bits per heavy atom. The lowest BCUT2D eigenvalue weighted by molar-refractivity contribution is -0.218. The standard InChI is InChI=1S/C12H20O4/c1-7-14-10(4)8-15-12(5,6)16-11(13)9(2)3/h7,10H,1-2,8H2,3-6H3. The van der Waals surface area contributed by atoms with E-state index >= 15 is 0 Å². The van der Waals surface area contributed by atoms with Crippen molar-refractivity contribution in [2.45, 2.75) is 39.6 Å². The number of hydrogen-bond acceptors (Lipinski definition) is 4. The summed E-state index contributed by atoms with van der Waals surface area (Å²) >= 11 is 0. The maximum absolute atomic E-state index is 11.3. The minimum atomic E-state index is -0.991. The monoisotopic (exact) mass is 228 g/mol. The Labute approximate surface area is 96.9 Å². The average molecular weight is 228 g/mol. The first-order valence-corrected chi connectivity index (χ1v) is 5.07. The van der Waals surface area contributed by atoms with Crippen molar-refractivity contribution >= 4 is 5.97 Å². The van der Waals surface area contributed by atoms with Crippen molar-refractivity contribution in [3.63, 3.8) is 0 Å². The van der Waals surface area contributed by atoms with Crippen LogP contribution in [-0.2, 0) is 19.0 Å². The summed E-state index contributed by atoms with van der Waals surface area (Å²) in [6.07, 6.45) is 1.21. The lowest BCUT2D eigenvalue weighted by Gasteiger charge is -2.26. The highest BCUT2D eigenvalue weighted by Gasteiger charge is 2.24. The van der Waals surface area contributed by atoms with Gasteiger partial charge in [0.15, 0.2) is 0 Å². The summed E-state index contributed by atoms with van der Waals surface area (Å²) in [6.45, 7) is 14.0. The third-order valence-corrected chi connectivity index (χ3v) is 1.68. The number of esters is 1. The van der Waals surface area contributed by atoms with Gasteiger partial charge in [-0.3, -0.25) is 0 Å². The summed E-state index contributed by atoms with van der Waals surface area (Å²) < 4.78 is 15.6. The van der Waals surface area contributed by atoms with Crippen molar-refractivity contribution in [3.05, 3.63) is 25.0 Å². The smallest absolute Gasteiger partial charge is 0.335 e. The van der Waals surface area contributed by atoms with Crippen LogP contribution in [0.2, 0.25) is 0 Å². The van der Waals surface area contributed by atoms with Crippen LogP contribution in [0, 0.1) is 0 Å². The molecule has 4 nitrogen and oxygen atoms in total. The Kier molecular flexibility index (Phi) is 5.82. The topological polar surface area (TPSA) is 44.8 Å². The van der Waals surface area contributed by atoms with E-state index in [9.17, 15) is 4.79 Å². The normalized spacial score (nSPS) is 12.8. The van der Waals surface area contributed by atoms with Crippen molar-refractivity contribution < 1.29 is 19.0 Å². The minimum Gasteiger partial charge on any atom is -0.497 e. The molecular weight excluding hydrogens is 208 g/mol. The quantitative estimate of drug-likeness (QED) is 0.290. The number of carbonyl (C=O) groups is 1. The van der Waals surface area contributed by atoms with E-state index in [-0.39, 0.29) is 6.10 Å². The molecule has 0 aliphatic carbocycles. The second kappa shape index (κ2) is 6.33. The molecule has 1 atom stereocenters. The maximum Gasteiger partial charge on any atom is 0.335 e. The summed E-state index contributed by atoms with van der Waals surface area (Å²) in [5.41, 5.74) is 0.340. The molecule has 1 unspecified atom stereocenters. The number of carbonyl (C=O) groups excluding carboxylic acids is 1. The van der Waals surface area contributed by atoms with Crippen molar-refractivity contribution in [2.75, 3.05) is 6.61 Å². The zero-order valence-electron chi connectivity index (χ0n) is 10.4. The van der Waals surface area contributed by atoms with Crippen LogP contribution in [-0.4, -0.2) is 24.5 Å². The summed E-state index contributed by atoms with van der Waals surface area (Å²) in [7, 11) is 0. The number of ether oxygens (including phenoxy) is 3. The third kappa shape index (κ3) is 6.24. The summed E-state index contributed by atoms with van der Waals surface area (Å²) in [4.78, 5) is 11.3. The van der Waals surface area contributed by atoms with Crippen LogP contribution in [0.3, 0.4) is 0 Å². The largest absolute Gasteiger partial charge is 0.497 e. The summed E-state index contributed by atoms with van der Waals surface area (Å²) in [6, 6.07) is 0. The fourth-order valence-corrected chi connectivity index (χ4v) is 0.861. The van der Waals surface area contributed by atoms with E-state index in [1.165, 1.54) is 6.26 Å². The van der Waals surface area contributed by atoms with Gasteiger partial charge in [-0.25, -0.2) is 4.79 Å². The number of hydrogen-bond donors (Lipinski definition) is 0. The minimum absolute atomic E-state index is 0.139. The second-order valence-corrected chi connectivity index (χ2v) is 3.99. The van der Waals surface area contributed by atoms with E-state index in [0.29, 0.717) is 12.2 Å². The van der Waals surface area contributed by atoms with Crippen LogP contribution in [0.5, 0.6) is 0 Å². The van der Waals surface area contributed by atoms with Gasteiger partial charge in [-0.1, -0.05) is 13.2 Å². The van der Waals surface area contributed by atoms with Gasteiger partial charge in [0.1, 0.15) is 6.10 Å². The molecule has 0 fully saturated rings. The Balaban J connectivity index is 4.09. The fraction of sp³-hybridized carbons (Fsp3) is 0.583. The highest BCUT2D eigenvalue weighted by Crippen LogP contribution is 2.14. The van der Waals surface area contributed by atoms with Gasteiger partial charge in [0.05, 0.1) is 12.9 Å². The van der Waals surface area contributed by atoms with Crippen molar-refractivity contribution in [1.29, 1.82) is 0 Å². The lowest BCUT2D eigenvalue weighted by atomic mass is 10.3. The molecule has 16 heavy (non-hydrogen) atoms. The van der Waals surface area contributed by atoms with Gasteiger partial charge in [0, 0.05) is 19.4 Å².